The van der Waals surface area contributed by atoms with Crippen molar-refractivity contribution in [1.29, 1.82) is 16.1 Å². The number of amidine groups is 1. The van der Waals surface area contributed by atoms with Gasteiger partial charge in [-0.3, -0.25) is 10.8 Å². The molecular weight excluding hydrogens is 308 g/mol. The molecule has 5 N–H and O–H groups in total. The lowest BCUT2D eigenvalue weighted by Gasteiger charge is -2.04. The van der Waals surface area contributed by atoms with Crippen LogP contribution in [0.15, 0.2) is 42.6 Å². The summed E-state index contributed by atoms with van der Waals surface area (Å²) in [6, 6.07) is 12.9. The third-order valence-corrected chi connectivity index (χ3v) is 3.96. The molecule has 0 unspecified atom stereocenters. The highest BCUT2D eigenvalue weighted by molar-refractivity contribution is 8.26. The minimum absolute atomic E-state index is 0.118. The first-order chi connectivity index (χ1) is 11.1. The van der Waals surface area contributed by atoms with Gasteiger partial charge in [0.1, 0.15) is 16.8 Å². The van der Waals surface area contributed by atoms with Crippen LogP contribution in [0.4, 0.5) is 0 Å². The summed E-state index contributed by atoms with van der Waals surface area (Å²) in [5.74, 6) is 0. The fourth-order valence-corrected chi connectivity index (χ4v) is 2.75. The number of nitrogens with one attached hydrogen (secondary N) is 3. The predicted molar refractivity (Wildman–Crippen MR) is 92.6 cm³/mol. The van der Waals surface area contributed by atoms with Gasteiger partial charge in [0.05, 0.1) is 5.69 Å². The van der Waals surface area contributed by atoms with Gasteiger partial charge in [0.25, 0.3) is 0 Å². The second-order valence-corrected chi connectivity index (χ2v) is 5.83. The number of thioether (sulfide) groups is 1. The number of rotatable bonds is 2. The first-order valence-corrected chi connectivity index (χ1v) is 7.49. The van der Waals surface area contributed by atoms with Crippen LogP contribution in [-0.2, 0) is 0 Å². The number of hydrogen-bond acceptors (Lipinski definition) is 5. The van der Waals surface area contributed by atoms with Crippen molar-refractivity contribution in [2.24, 2.45) is 5.73 Å². The maximum atomic E-state index is 8.99. The van der Waals surface area contributed by atoms with Crippen LogP contribution >= 0.6 is 11.8 Å². The molecule has 6 nitrogen and oxygen atoms in total. The van der Waals surface area contributed by atoms with E-state index in [2.05, 4.69) is 9.97 Å². The maximum absolute atomic E-state index is 8.99. The number of nitrogens with two attached hydrogens (primary N) is 1. The number of H-pyrrole nitrogens is 1. The van der Waals surface area contributed by atoms with E-state index in [9.17, 15) is 0 Å². The molecule has 1 aromatic carbocycles. The Labute approximate surface area is 136 Å². The van der Waals surface area contributed by atoms with Crippen molar-refractivity contribution in [3.63, 3.8) is 0 Å². The van der Waals surface area contributed by atoms with Crippen molar-refractivity contribution in [2.45, 2.75) is 0 Å². The summed E-state index contributed by atoms with van der Waals surface area (Å²) in [4.78, 5) is 7.48. The first kappa shape index (κ1) is 14.8. The molecule has 3 aromatic rings. The van der Waals surface area contributed by atoms with Gasteiger partial charge >= 0.3 is 0 Å². The smallest absolute Gasteiger partial charge is 0.157 e. The van der Waals surface area contributed by atoms with Gasteiger partial charge in [-0.05, 0) is 36.0 Å². The summed E-state index contributed by atoms with van der Waals surface area (Å²) >= 11 is 0.902. The van der Waals surface area contributed by atoms with E-state index in [4.69, 9.17) is 21.8 Å². The molecule has 0 bridgehead atoms. The van der Waals surface area contributed by atoms with E-state index >= 15 is 0 Å². The second kappa shape index (κ2) is 5.94. The molecule has 2 heterocycles. The molecule has 112 valence electrons. The number of nitrogens with zero attached hydrogens (tertiary/aromatic N) is 2. The third kappa shape index (κ3) is 2.93. The van der Waals surface area contributed by atoms with E-state index in [0.717, 1.165) is 28.2 Å². The molecule has 0 fully saturated rings. The Balaban J connectivity index is 2.10. The normalized spacial score (nSPS) is 10.4. The highest BCUT2D eigenvalue weighted by Crippen LogP contribution is 2.29. The topological polar surface area (TPSA) is 126 Å². The van der Waals surface area contributed by atoms with Gasteiger partial charge in [-0.1, -0.05) is 12.1 Å². The lowest BCUT2D eigenvalue weighted by atomic mass is 10.1. The van der Waals surface area contributed by atoms with Gasteiger partial charge in [-0.2, -0.15) is 5.26 Å². The Morgan fingerprint density at radius 1 is 1.26 bits per heavy atom. The van der Waals surface area contributed by atoms with E-state index in [1.807, 2.05) is 30.5 Å². The van der Waals surface area contributed by atoms with Gasteiger partial charge in [0, 0.05) is 28.2 Å². The van der Waals surface area contributed by atoms with Crippen LogP contribution < -0.4 is 5.73 Å². The minimum atomic E-state index is -0.118. The zero-order valence-electron chi connectivity index (χ0n) is 11.9. The highest BCUT2D eigenvalue weighted by Gasteiger charge is 2.11. The molecule has 3 rings (SSSR count). The number of benzene rings is 1. The first-order valence-electron chi connectivity index (χ1n) is 6.68. The number of fused-ring (bicyclic) bond motifs is 1. The molecule has 0 aliphatic carbocycles. The molecule has 0 aliphatic heterocycles. The van der Waals surface area contributed by atoms with Gasteiger partial charge in [-0.15, -0.1) is 0 Å². The molecule has 23 heavy (non-hydrogen) atoms. The number of hydrogen-bond donors (Lipinski definition) is 4. The van der Waals surface area contributed by atoms with E-state index < -0.39 is 0 Å². The lowest BCUT2D eigenvalue weighted by Crippen LogP contribution is -2.08. The number of nitriles is 1. The average molecular weight is 320 g/mol. The number of aromatic nitrogens is 2. The molecule has 0 aliphatic rings. The quantitative estimate of drug-likeness (QED) is 0.427. The van der Waals surface area contributed by atoms with Crippen molar-refractivity contribution < 1.29 is 0 Å². The van der Waals surface area contributed by atoms with Crippen molar-refractivity contribution in [2.75, 3.05) is 0 Å². The van der Waals surface area contributed by atoms with E-state index in [-0.39, 0.29) is 10.2 Å². The van der Waals surface area contributed by atoms with Crippen LogP contribution in [0.3, 0.4) is 0 Å². The van der Waals surface area contributed by atoms with E-state index in [0.29, 0.717) is 17.0 Å². The van der Waals surface area contributed by atoms with E-state index in [1.54, 1.807) is 18.2 Å². The minimum Gasteiger partial charge on any atom is -0.378 e. The molecule has 0 saturated heterocycles. The SMILES string of the molecule is N#Cc1cccc(-c2c[nH]c3ccc(C(=N)SC(=N)N)cc23)n1. The van der Waals surface area contributed by atoms with Gasteiger partial charge in [-0.25, -0.2) is 4.98 Å². The van der Waals surface area contributed by atoms with Crippen molar-refractivity contribution in [1.82, 2.24) is 9.97 Å². The van der Waals surface area contributed by atoms with Crippen LogP contribution in [0.2, 0.25) is 0 Å². The van der Waals surface area contributed by atoms with Crippen molar-refractivity contribution in [3.05, 3.63) is 53.9 Å². The Morgan fingerprint density at radius 2 is 2.09 bits per heavy atom. The van der Waals surface area contributed by atoms with Crippen LogP contribution in [-0.4, -0.2) is 20.2 Å². The largest absolute Gasteiger partial charge is 0.378 e. The lowest BCUT2D eigenvalue weighted by molar-refractivity contribution is 1.27. The van der Waals surface area contributed by atoms with Crippen LogP contribution in [0.5, 0.6) is 0 Å². The maximum Gasteiger partial charge on any atom is 0.157 e. The summed E-state index contributed by atoms with van der Waals surface area (Å²) in [5, 5.41) is 25.3. The Hall–Kier alpha value is -3.11. The summed E-state index contributed by atoms with van der Waals surface area (Å²) in [6.45, 7) is 0. The predicted octanol–water partition coefficient (Wildman–Crippen LogP) is 3.05. The van der Waals surface area contributed by atoms with Crippen molar-refractivity contribution >= 4 is 32.9 Å². The zero-order chi connectivity index (χ0) is 16.4. The van der Waals surface area contributed by atoms with Crippen LogP contribution in [0, 0.1) is 22.1 Å². The number of aromatic amines is 1. The fourth-order valence-electron chi connectivity index (χ4n) is 2.29. The highest BCUT2D eigenvalue weighted by atomic mass is 32.2. The zero-order valence-corrected chi connectivity index (χ0v) is 12.7. The van der Waals surface area contributed by atoms with E-state index in [1.165, 1.54) is 0 Å². The Kier molecular flexibility index (Phi) is 3.83. The average Bonchev–Trinajstić information content (AvgIpc) is 2.97. The summed E-state index contributed by atoms with van der Waals surface area (Å²) in [5.41, 5.74) is 8.83. The number of pyridine rings is 1. The van der Waals surface area contributed by atoms with Crippen LogP contribution in [0.25, 0.3) is 22.2 Å². The molecule has 0 radical (unpaired) electrons. The Morgan fingerprint density at radius 3 is 2.83 bits per heavy atom. The molecule has 0 amide bonds. The van der Waals surface area contributed by atoms with Crippen molar-refractivity contribution in [3.8, 4) is 17.3 Å². The second-order valence-electron chi connectivity index (χ2n) is 4.78. The molecule has 0 spiro atoms. The summed E-state index contributed by atoms with van der Waals surface area (Å²) in [6.07, 6.45) is 1.83. The molecule has 2 aromatic heterocycles. The summed E-state index contributed by atoms with van der Waals surface area (Å²) < 4.78 is 0. The molecule has 0 saturated carbocycles. The fraction of sp³-hybridized carbons (Fsp3) is 0. The van der Waals surface area contributed by atoms with Gasteiger partial charge in [0.2, 0.25) is 0 Å². The Bertz CT molecular complexity index is 966. The molecule has 7 heteroatoms. The standard InChI is InChI=1S/C16H12N6S/c17-7-10-2-1-3-14(22-10)12-8-21-13-5-4-9(6-11(12)13)15(18)23-16(19)20/h1-6,8,18,21H,(H3,19,20). The van der Waals surface area contributed by atoms with Crippen LogP contribution in [0.1, 0.15) is 11.3 Å². The van der Waals surface area contributed by atoms with Gasteiger partial charge in [0.15, 0.2) is 5.17 Å². The third-order valence-electron chi connectivity index (χ3n) is 3.30. The van der Waals surface area contributed by atoms with Gasteiger partial charge < -0.3 is 10.7 Å². The summed E-state index contributed by atoms with van der Waals surface area (Å²) in [7, 11) is 0. The molecule has 0 atom stereocenters. The monoisotopic (exact) mass is 320 g/mol. The molecular formula is C16H12N6S.